The average molecular weight is 337 g/mol. The molecule has 5 nitrogen and oxygen atoms in total. The predicted molar refractivity (Wildman–Crippen MR) is 81.4 cm³/mol. The standard InChI is InChI=1S/C14H17BrN4O/c15-13-6-5-11-14(18-13)17-9-19(11)8-2-3-10-12(20)4-1-7-16-10/h2-3,5-6,9-10,12,16,20H,1,4,7-8H2/b3-2+/t10-,12+/m1/s1. The van der Waals surface area contributed by atoms with Crippen LogP contribution in [-0.4, -0.2) is 38.3 Å². The van der Waals surface area contributed by atoms with E-state index in [1.54, 1.807) is 6.33 Å². The number of nitrogens with one attached hydrogen (secondary N) is 1. The second-order valence-electron chi connectivity index (χ2n) is 4.99. The number of allylic oxidation sites excluding steroid dienone is 1. The highest BCUT2D eigenvalue weighted by Crippen LogP contribution is 2.15. The predicted octanol–water partition coefficient (Wildman–Crippen LogP) is 1.86. The molecule has 3 rings (SSSR count). The number of halogens is 1. The first-order valence-corrected chi connectivity index (χ1v) is 7.59. The first-order chi connectivity index (χ1) is 9.74. The molecule has 0 amide bonds. The van der Waals surface area contributed by atoms with Crippen LogP contribution in [0.1, 0.15) is 12.8 Å². The van der Waals surface area contributed by atoms with Gasteiger partial charge in [0.2, 0.25) is 0 Å². The average Bonchev–Trinajstić information content (AvgIpc) is 2.83. The van der Waals surface area contributed by atoms with Crippen molar-refractivity contribution in [2.45, 2.75) is 31.5 Å². The van der Waals surface area contributed by atoms with Gasteiger partial charge in [-0.1, -0.05) is 12.2 Å². The zero-order valence-corrected chi connectivity index (χ0v) is 12.6. The molecule has 2 N–H and O–H groups in total. The van der Waals surface area contributed by atoms with Crippen molar-refractivity contribution in [3.05, 3.63) is 35.2 Å². The fourth-order valence-electron chi connectivity index (χ4n) is 2.48. The van der Waals surface area contributed by atoms with E-state index in [0.29, 0.717) is 0 Å². The lowest BCUT2D eigenvalue weighted by molar-refractivity contribution is 0.115. The fraction of sp³-hybridized carbons (Fsp3) is 0.429. The number of aromatic nitrogens is 3. The fourth-order valence-corrected chi connectivity index (χ4v) is 2.78. The minimum atomic E-state index is -0.280. The zero-order chi connectivity index (χ0) is 13.9. The zero-order valence-electron chi connectivity index (χ0n) is 11.0. The number of aliphatic hydroxyl groups is 1. The molecule has 0 aromatic carbocycles. The quantitative estimate of drug-likeness (QED) is 0.663. The van der Waals surface area contributed by atoms with Crippen LogP contribution in [0.2, 0.25) is 0 Å². The number of pyridine rings is 1. The molecule has 0 saturated carbocycles. The summed E-state index contributed by atoms with van der Waals surface area (Å²) in [5.74, 6) is 0. The number of piperidine rings is 1. The molecular formula is C14H17BrN4O. The Labute approximate surface area is 125 Å². The van der Waals surface area contributed by atoms with E-state index in [9.17, 15) is 5.11 Å². The van der Waals surface area contributed by atoms with Gasteiger partial charge >= 0.3 is 0 Å². The first kappa shape index (κ1) is 13.7. The number of imidazole rings is 1. The Morgan fingerprint density at radius 2 is 2.40 bits per heavy atom. The van der Waals surface area contributed by atoms with Gasteiger partial charge in [-0.15, -0.1) is 0 Å². The van der Waals surface area contributed by atoms with Crippen LogP contribution in [0.15, 0.2) is 35.2 Å². The Hall–Kier alpha value is -1.24. The van der Waals surface area contributed by atoms with Crippen molar-refractivity contribution < 1.29 is 5.11 Å². The lowest BCUT2D eigenvalue weighted by Gasteiger charge is -2.26. The number of fused-ring (bicyclic) bond motifs is 1. The Balaban J connectivity index is 1.70. The Morgan fingerprint density at radius 1 is 1.50 bits per heavy atom. The minimum Gasteiger partial charge on any atom is -0.391 e. The Kier molecular flexibility index (Phi) is 4.14. The normalized spacial score (nSPS) is 23.7. The number of hydrogen-bond acceptors (Lipinski definition) is 4. The van der Waals surface area contributed by atoms with Gasteiger partial charge < -0.3 is 15.0 Å². The smallest absolute Gasteiger partial charge is 0.178 e. The molecule has 0 spiro atoms. The molecule has 20 heavy (non-hydrogen) atoms. The van der Waals surface area contributed by atoms with Gasteiger partial charge in [-0.2, -0.15) is 0 Å². The highest BCUT2D eigenvalue weighted by atomic mass is 79.9. The summed E-state index contributed by atoms with van der Waals surface area (Å²) in [5, 5.41) is 13.2. The molecule has 2 atom stereocenters. The van der Waals surface area contributed by atoms with Crippen molar-refractivity contribution in [3.63, 3.8) is 0 Å². The van der Waals surface area contributed by atoms with E-state index in [1.165, 1.54) is 0 Å². The number of rotatable bonds is 3. The van der Waals surface area contributed by atoms with Crippen molar-refractivity contribution in [1.29, 1.82) is 0 Å². The van der Waals surface area contributed by atoms with Crippen molar-refractivity contribution in [1.82, 2.24) is 19.9 Å². The van der Waals surface area contributed by atoms with Gasteiger partial charge in [-0.05, 0) is 47.4 Å². The van der Waals surface area contributed by atoms with E-state index in [1.807, 2.05) is 22.8 Å². The van der Waals surface area contributed by atoms with Crippen LogP contribution >= 0.6 is 15.9 Å². The minimum absolute atomic E-state index is 0.0609. The molecule has 0 aliphatic carbocycles. The van der Waals surface area contributed by atoms with Crippen LogP contribution in [-0.2, 0) is 6.54 Å². The SMILES string of the molecule is O[C@H]1CCCN[C@@H]1/C=C/Cn1cnc2nc(Br)ccc21. The third-order valence-corrected chi connectivity index (χ3v) is 4.01. The lowest BCUT2D eigenvalue weighted by Crippen LogP contribution is -2.43. The molecule has 0 unspecified atom stereocenters. The van der Waals surface area contributed by atoms with E-state index >= 15 is 0 Å². The summed E-state index contributed by atoms with van der Waals surface area (Å²) in [6.45, 7) is 1.70. The number of hydrogen-bond donors (Lipinski definition) is 2. The van der Waals surface area contributed by atoms with E-state index in [4.69, 9.17) is 0 Å². The summed E-state index contributed by atoms with van der Waals surface area (Å²) >= 11 is 3.34. The third-order valence-electron chi connectivity index (χ3n) is 3.57. The van der Waals surface area contributed by atoms with Crippen LogP contribution < -0.4 is 5.32 Å². The maximum Gasteiger partial charge on any atom is 0.178 e. The van der Waals surface area contributed by atoms with Crippen molar-refractivity contribution in [3.8, 4) is 0 Å². The lowest BCUT2D eigenvalue weighted by atomic mass is 10.0. The molecule has 0 radical (unpaired) electrons. The van der Waals surface area contributed by atoms with Gasteiger partial charge in [-0.25, -0.2) is 9.97 Å². The molecule has 2 aromatic rings. The van der Waals surface area contributed by atoms with Crippen molar-refractivity contribution >= 4 is 27.1 Å². The van der Waals surface area contributed by atoms with Gasteiger partial charge in [0.15, 0.2) is 5.65 Å². The van der Waals surface area contributed by atoms with Crippen LogP contribution in [0.5, 0.6) is 0 Å². The van der Waals surface area contributed by atoms with Gasteiger partial charge in [0.05, 0.1) is 24.0 Å². The monoisotopic (exact) mass is 336 g/mol. The van der Waals surface area contributed by atoms with E-state index < -0.39 is 0 Å². The molecule has 106 valence electrons. The number of nitrogens with zero attached hydrogens (tertiary/aromatic N) is 3. The summed E-state index contributed by atoms with van der Waals surface area (Å²) in [6, 6.07) is 3.98. The van der Waals surface area contributed by atoms with Crippen molar-refractivity contribution in [2.75, 3.05) is 6.54 Å². The van der Waals surface area contributed by atoms with Gasteiger partial charge in [-0.3, -0.25) is 0 Å². The summed E-state index contributed by atoms with van der Waals surface area (Å²) in [5.41, 5.74) is 1.75. The molecular weight excluding hydrogens is 320 g/mol. The van der Waals surface area contributed by atoms with Gasteiger partial charge in [0.25, 0.3) is 0 Å². The number of aliphatic hydroxyl groups excluding tert-OH is 1. The first-order valence-electron chi connectivity index (χ1n) is 6.79. The topological polar surface area (TPSA) is 63.0 Å². The van der Waals surface area contributed by atoms with Crippen LogP contribution in [0.4, 0.5) is 0 Å². The second kappa shape index (κ2) is 6.03. The van der Waals surface area contributed by atoms with Gasteiger partial charge in [0, 0.05) is 6.54 Å². The summed E-state index contributed by atoms with van der Waals surface area (Å²) in [4.78, 5) is 8.60. The van der Waals surface area contributed by atoms with E-state index in [-0.39, 0.29) is 12.1 Å². The molecule has 1 aliphatic rings. The summed E-state index contributed by atoms with van der Waals surface area (Å²) in [7, 11) is 0. The highest BCUT2D eigenvalue weighted by Gasteiger charge is 2.19. The maximum absolute atomic E-state index is 9.88. The Morgan fingerprint density at radius 3 is 3.25 bits per heavy atom. The third kappa shape index (κ3) is 2.92. The van der Waals surface area contributed by atoms with Crippen LogP contribution in [0.3, 0.4) is 0 Å². The van der Waals surface area contributed by atoms with E-state index in [0.717, 1.165) is 41.7 Å². The molecule has 0 bridgehead atoms. The summed E-state index contributed by atoms with van der Waals surface area (Å²) in [6.07, 6.45) is 7.53. The van der Waals surface area contributed by atoms with Crippen molar-refractivity contribution in [2.24, 2.45) is 0 Å². The Bertz CT molecular complexity index is 625. The molecule has 2 aromatic heterocycles. The van der Waals surface area contributed by atoms with Crippen LogP contribution in [0.25, 0.3) is 11.2 Å². The molecule has 1 saturated heterocycles. The van der Waals surface area contributed by atoms with E-state index in [2.05, 4.69) is 37.3 Å². The molecule has 6 heteroatoms. The van der Waals surface area contributed by atoms with Crippen LogP contribution in [0, 0.1) is 0 Å². The highest BCUT2D eigenvalue weighted by molar-refractivity contribution is 9.10. The molecule has 3 heterocycles. The largest absolute Gasteiger partial charge is 0.391 e. The summed E-state index contributed by atoms with van der Waals surface area (Å²) < 4.78 is 2.83. The maximum atomic E-state index is 9.88. The second-order valence-corrected chi connectivity index (χ2v) is 5.80. The molecule has 1 fully saturated rings. The van der Waals surface area contributed by atoms with Gasteiger partial charge in [0.1, 0.15) is 4.60 Å². The molecule has 1 aliphatic heterocycles.